The van der Waals surface area contributed by atoms with Gasteiger partial charge in [0.15, 0.2) is 5.16 Å². The van der Waals surface area contributed by atoms with E-state index < -0.39 is 5.97 Å². The van der Waals surface area contributed by atoms with Crippen LogP contribution in [-0.4, -0.2) is 34.7 Å². The van der Waals surface area contributed by atoms with Crippen molar-refractivity contribution in [3.63, 3.8) is 0 Å². The minimum absolute atomic E-state index is 0.134. The normalized spacial score (nSPS) is 12.3. The van der Waals surface area contributed by atoms with E-state index in [9.17, 15) is 9.59 Å². The number of carbonyl (C=O) groups excluding carboxylic acids is 2. The number of carbonyl (C=O) groups is 2. The molecule has 0 atom stereocenters. The van der Waals surface area contributed by atoms with Crippen molar-refractivity contribution in [1.82, 2.24) is 9.97 Å². The number of nitrogens with zero attached hydrogens (tertiary/aromatic N) is 1. The molecule has 0 aliphatic heterocycles. The van der Waals surface area contributed by atoms with Crippen LogP contribution in [0.25, 0.3) is 21.5 Å². The monoisotopic (exact) mass is 463 g/mol. The Balaban J connectivity index is 1.31. The van der Waals surface area contributed by atoms with Gasteiger partial charge in [-0.25, -0.2) is 9.78 Å². The highest BCUT2D eigenvalue weighted by Gasteiger charge is 2.29. The quantitative estimate of drug-likeness (QED) is 0.300. The maximum Gasteiger partial charge on any atom is 0.341 e. The number of ether oxygens (including phenoxy) is 1. The van der Waals surface area contributed by atoms with Crippen molar-refractivity contribution in [3.05, 3.63) is 65.2 Å². The van der Waals surface area contributed by atoms with Crippen molar-refractivity contribution in [2.24, 2.45) is 0 Å². The van der Waals surface area contributed by atoms with Crippen LogP contribution in [0.1, 0.15) is 27.9 Å². The van der Waals surface area contributed by atoms with Gasteiger partial charge in [0.1, 0.15) is 5.00 Å². The van der Waals surface area contributed by atoms with E-state index >= 15 is 0 Å². The molecule has 6 nitrogen and oxygen atoms in total. The molecule has 0 bridgehead atoms. The molecular weight excluding hydrogens is 442 g/mol. The fraction of sp³-hybridized carbons (Fsp3) is 0.208. The van der Waals surface area contributed by atoms with Crippen molar-refractivity contribution < 1.29 is 14.3 Å². The number of nitrogens with one attached hydrogen (secondary N) is 2. The predicted octanol–water partition coefficient (Wildman–Crippen LogP) is 5.30. The summed E-state index contributed by atoms with van der Waals surface area (Å²) in [6.07, 6.45) is 1.93. The number of benzene rings is 2. The Morgan fingerprint density at radius 1 is 1.16 bits per heavy atom. The van der Waals surface area contributed by atoms with Crippen molar-refractivity contribution in [3.8, 4) is 10.4 Å². The number of amides is 1. The first-order valence-electron chi connectivity index (χ1n) is 10.3. The number of rotatable bonds is 6. The lowest BCUT2D eigenvalue weighted by molar-refractivity contribution is -0.115. The van der Waals surface area contributed by atoms with Gasteiger partial charge in [-0.1, -0.05) is 48.2 Å². The Morgan fingerprint density at radius 3 is 2.81 bits per heavy atom. The van der Waals surface area contributed by atoms with Crippen LogP contribution < -0.4 is 5.32 Å². The van der Waals surface area contributed by atoms with Crippen LogP contribution in [0.3, 0.4) is 0 Å². The van der Waals surface area contributed by atoms with Crippen LogP contribution in [0, 0.1) is 0 Å². The number of aromatic nitrogens is 2. The summed E-state index contributed by atoms with van der Waals surface area (Å²) in [4.78, 5) is 34.1. The number of imidazole rings is 1. The molecule has 32 heavy (non-hydrogen) atoms. The van der Waals surface area contributed by atoms with Crippen LogP contribution >= 0.6 is 23.1 Å². The average molecular weight is 464 g/mol. The highest BCUT2D eigenvalue weighted by Crippen LogP contribution is 2.45. The van der Waals surface area contributed by atoms with Crippen LogP contribution in [0.15, 0.2) is 53.7 Å². The topological polar surface area (TPSA) is 84.1 Å². The second kappa shape index (κ2) is 8.80. The van der Waals surface area contributed by atoms with Gasteiger partial charge in [0.05, 0.1) is 23.7 Å². The first-order chi connectivity index (χ1) is 15.6. The van der Waals surface area contributed by atoms with Crippen molar-refractivity contribution in [1.29, 1.82) is 0 Å². The molecule has 0 unspecified atom stereocenters. The molecule has 0 fully saturated rings. The Hall–Kier alpha value is -3.10. The van der Waals surface area contributed by atoms with Crippen molar-refractivity contribution >= 4 is 51.0 Å². The average Bonchev–Trinajstić information content (AvgIpc) is 3.39. The van der Waals surface area contributed by atoms with Crippen LogP contribution in [-0.2, 0) is 22.4 Å². The SMILES string of the molecule is COC(=O)c1c(NC(=O)CCSc2nc3ccccc3[nH]2)sc2c1CCc1ccccc1-2. The van der Waals surface area contributed by atoms with Crippen LogP contribution in [0.2, 0.25) is 0 Å². The largest absolute Gasteiger partial charge is 0.465 e. The molecule has 2 N–H and O–H groups in total. The molecule has 1 amide bonds. The third-order valence-electron chi connectivity index (χ3n) is 5.49. The van der Waals surface area contributed by atoms with E-state index in [2.05, 4.69) is 27.4 Å². The van der Waals surface area contributed by atoms with Gasteiger partial charge in [0.25, 0.3) is 0 Å². The Morgan fingerprint density at radius 2 is 1.97 bits per heavy atom. The van der Waals surface area contributed by atoms with E-state index in [0.717, 1.165) is 45.0 Å². The van der Waals surface area contributed by atoms with E-state index in [1.165, 1.54) is 35.8 Å². The molecule has 1 aliphatic rings. The molecule has 5 rings (SSSR count). The van der Waals surface area contributed by atoms with E-state index in [4.69, 9.17) is 4.74 Å². The number of fused-ring (bicyclic) bond motifs is 4. The molecule has 2 aromatic carbocycles. The minimum Gasteiger partial charge on any atom is -0.465 e. The Labute approximate surface area is 193 Å². The zero-order valence-corrected chi connectivity index (χ0v) is 19.1. The fourth-order valence-electron chi connectivity index (χ4n) is 3.97. The molecule has 0 saturated heterocycles. The lowest BCUT2D eigenvalue weighted by Gasteiger charge is -2.16. The van der Waals surface area contributed by atoms with E-state index in [1.807, 2.05) is 36.4 Å². The zero-order valence-electron chi connectivity index (χ0n) is 17.4. The van der Waals surface area contributed by atoms with E-state index in [0.29, 0.717) is 22.7 Å². The number of aryl methyl sites for hydroxylation is 1. The molecule has 0 spiro atoms. The number of methoxy groups -OCH3 is 1. The molecule has 1 aliphatic carbocycles. The molecule has 4 aromatic rings. The summed E-state index contributed by atoms with van der Waals surface area (Å²) in [5.74, 6) is 0.0344. The fourth-order valence-corrected chi connectivity index (χ4v) is 6.11. The van der Waals surface area contributed by atoms with Gasteiger partial charge in [0.2, 0.25) is 5.91 Å². The number of thiophene rings is 1. The Bertz CT molecular complexity index is 1290. The summed E-state index contributed by atoms with van der Waals surface area (Å²) in [5, 5.41) is 4.32. The van der Waals surface area contributed by atoms with Crippen molar-refractivity contribution in [2.45, 2.75) is 24.4 Å². The first kappa shape index (κ1) is 20.8. The van der Waals surface area contributed by atoms with Gasteiger partial charge in [-0.3, -0.25) is 4.79 Å². The van der Waals surface area contributed by atoms with Gasteiger partial charge in [0, 0.05) is 17.1 Å². The number of thioether (sulfide) groups is 1. The maximum atomic E-state index is 12.7. The third kappa shape index (κ3) is 3.91. The minimum atomic E-state index is -0.408. The molecule has 0 radical (unpaired) electrons. The molecular formula is C24H21N3O3S2. The van der Waals surface area contributed by atoms with Gasteiger partial charge in [-0.2, -0.15) is 0 Å². The molecule has 2 heterocycles. The summed E-state index contributed by atoms with van der Waals surface area (Å²) in [7, 11) is 1.37. The summed E-state index contributed by atoms with van der Waals surface area (Å²) in [6.45, 7) is 0. The smallest absolute Gasteiger partial charge is 0.341 e. The van der Waals surface area contributed by atoms with E-state index in [1.54, 1.807) is 0 Å². The maximum absolute atomic E-state index is 12.7. The van der Waals surface area contributed by atoms with Crippen LogP contribution in [0.5, 0.6) is 0 Å². The second-order valence-corrected chi connectivity index (χ2v) is 9.57. The van der Waals surface area contributed by atoms with Gasteiger partial charge in [-0.05, 0) is 41.7 Å². The predicted molar refractivity (Wildman–Crippen MR) is 129 cm³/mol. The second-order valence-electron chi connectivity index (χ2n) is 7.47. The summed E-state index contributed by atoms with van der Waals surface area (Å²) >= 11 is 2.95. The number of para-hydroxylation sites is 2. The van der Waals surface area contributed by atoms with Gasteiger partial charge >= 0.3 is 5.97 Å². The molecule has 0 saturated carbocycles. The lowest BCUT2D eigenvalue weighted by Crippen LogP contribution is -2.15. The van der Waals surface area contributed by atoms with Gasteiger partial charge < -0.3 is 15.0 Å². The number of esters is 1. The number of hydrogen-bond acceptors (Lipinski definition) is 6. The molecule has 8 heteroatoms. The zero-order chi connectivity index (χ0) is 22.1. The molecule has 2 aromatic heterocycles. The Kier molecular flexibility index (Phi) is 5.71. The summed E-state index contributed by atoms with van der Waals surface area (Å²) in [5.41, 5.74) is 5.73. The summed E-state index contributed by atoms with van der Waals surface area (Å²) in [6, 6.07) is 16.0. The number of hydrogen-bond donors (Lipinski definition) is 2. The highest BCUT2D eigenvalue weighted by atomic mass is 32.2. The lowest BCUT2D eigenvalue weighted by atomic mass is 9.89. The van der Waals surface area contributed by atoms with Gasteiger partial charge in [-0.15, -0.1) is 11.3 Å². The number of aromatic amines is 1. The first-order valence-corrected chi connectivity index (χ1v) is 12.1. The highest BCUT2D eigenvalue weighted by molar-refractivity contribution is 7.99. The molecule has 162 valence electrons. The third-order valence-corrected chi connectivity index (χ3v) is 7.55. The van der Waals surface area contributed by atoms with E-state index in [-0.39, 0.29) is 5.91 Å². The number of anilines is 1. The standard InChI is InChI=1S/C24H21N3O3S2/c1-30-23(29)20-16-11-10-14-6-2-3-7-15(14)21(16)32-22(20)27-19(28)12-13-31-24-25-17-8-4-5-9-18(17)26-24/h2-9H,10-13H2,1H3,(H,25,26)(H,27,28). The van der Waals surface area contributed by atoms with Crippen LogP contribution in [0.4, 0.5) is 5.00 Å². The summed E-state index contributed by atoms with van der Waals surface area (Å²) < 4.78 is 5.04. The number of H-pyrrole nitrogens is 1. The van der Waals surface area contributed by atoms with Crippen molar-refractivity contribution in [2.75, 3.05) is 18.2 Å².